The molecule has 0 saturated carbocycles. The summed E-state index contributed by atoms with van der Waals surface area (Å²) in [6, 6.07) is 12.5. The van der Waals surface area contributed by atoms with Crippen LogP contribution in [-0.2, 0) is 22.6 Å². The molecule has 0 saturated heterocycles. The van der Waals surface area contributed by atoms with Crippen LogP contribution in [0.15, 0.2) is 42.5 Å². The third kappa shape index (κ3) is 6.48. The first-order chi connectivity index (χ1) is 14.4. The number of nitrogens with zero attached hydrogens (tertiary/aromatic N) is 1. The van der Waals surface area contributed by atoms with Crippen LogP contribution in [0.25, 0.3) is 0 Å². The van der Waals surface area contributed by atoms with Gasteiger partial charge in [0.05, 0.1) is 6.42 Å². The molecule has 0 aliphatic carbocycles. The van der Waals surface area contributed by atoms with Crippen LogP contribution in [0.1, 0.15) is 49.8 Å². The van der Waals surface area contributed by atoms with Crippen LogP contribution in [0.5, 0.6) is 0 Å². The number of halogens is 2. The number of aryl methyl sites for hydroxylation is 1. The second-order valence-corrected chi connectivity index (χ2v) is 8.21. The number of rotatable bonds is 10. The summed E-state index contributed by atoms with van der Waals surface area (Å²) in [7, 11) is 0. The maximum absolute atomic E-state index is 13.4. The number of benzene rings is 2. The van der Waals surface area contributed by atoms with Gasteiger partial charge in [-0.15, -0.1) is 0 Å². The number of hydrogen-bond donors (Lipinski definition) is 1. The number of carbonyl (C=O) groups is 2. The van der Waals surface area contributed by atoms with E-state index in [1.807, 2.05) is 38.1 Å². The number of nitrogens with one attached hydrogen (secondary N) is 1. The summed E-state index contributed by atoms with van der Waals surface area (Å²) in [5, 5.41) is 3.87. The summed E-state index contributed by atoms with van der Waals surface area (Å²) in [5.41, 5.74) is 2.67. The van der Waals surface area contributed by atoms with Crippen molar-refractivity contribution in [2.24, 2.45) is 0 Å². The van der Waals surface area contributed by atoms with Crippen LogP contribution in [0.2, 0.25) is 10.0 Å². The minimum atomic E-state index is -0.560. The highest BCUT2D eigenvalue weighted by atomic mass is 35.5. The zero-order valence-corrected chi connectivity index (χ0v) is 19.4. The minimum Gasteiger partial charge on any atom is -0.354 e. The third-order valence-electron chi connectivity index (χ3n) is 5.21. The Labute approximate surface area is 189 Å². The highest BCUT2D eigenvalue weighted by molar-refractivity contribution is 6.36. The average molecular weight is 449 g/mol. The second-order valence-electron chi connectivity index (χ2n) is 7.39. The molecule has 2 aromatic carbocycles. The molecule has 30 heavy (non-hydrogen) atoms. The number of carbonyl (C=O) groups excluding carboxylic acids is 2. The SMILES string of the molecule is CCCCNC(=O)[C@H](CC)N(Cc1ccccc1C)C(=O)Cc1c(Cl)cccc1Cl. The standard InChI is InChI=1S/C24H30Cl2N2O2/c1-4-6-14-27-24(30)22(5-2)28(16-18-11-8-7-10-17(18)3)23(29)15-19-20(25)12-9-13-21(19)26/h7-13,22H,4-6,14-16H2,1-3H3,(H,27,30)/t22-/m0/s1. The molecular formula is C24H30Cl2N2O2. The molecular weight excluding hydrogens is 419 g/mol. The van der Waals surface area contributed by atoms with E-state index in [1.54, 1.807) is 23.1 Å². The van der Waals surface area contributed by atoms with E-state index >= 15 is 0 Å². The van der Waals surface area contributed by atoms with E-state index in [2.05, 4.69) is 12.2 Å². The number of unbranched alkanes of at least 4 members (excludes halogenated alkanes) is 1. The number of hydrogen-bond acceptors (Lipinski definition) is 2. The van der Waals surface area contributed by atoms with Gasteiger partial charge in [-0.25, -0.2) is 0 Å². The second kappa shape index (κ2) is 12.0. The minimum absolute atomic E-state index is 0.0448. The zero-order chi connectivity index (χ0) is 22.1. The highest BCUT2D eigenvalue weighted by Crippen LogP contribution is 2.26. The van der Waals surface area contributed by atoms with E-state index in [0.717, 1.165) is 24.0 Å². The Morgan fingerprint density at radius 3 is 2.30 bits per heavy atom. The van der Waals surface area contributed by atoms with Crippen molar-refractivity contribution in [2.75, 3.05) is 6.54 Å². The van der Waals surface area contributed by atoms with Gasteiger partial charge in [-0.2, -0.15) is 0 Å². The molecule has 0 aliphatic rings. The van der Waals surface area contributed by atoms with Gasteiger partial charge >= 0.3 is 0 Å². The predicted octanol–water partition coefficient (Wildman–Crippen LogP) is 5.57. The summed E-state index contributed by atoms with van der Waals surface area (Å²) >= 11 is 12.6. The van der Waals surface area contributed by atoms with Gasteiger partial charge in [0.15, 0.2) is 0 Å². The molecule has 2 rings (SSSR count). The monoisotopic (exact) mass is 448 g/mol. The molecule has 2 aromatic rings. The molecule has 1 N–H and O–H groups in total. The van der Waals surface area contributed by atoms with Gasteiger partial charge in [-0.1, -0.05) is 73.8 Å². The molecule has 162 valence electrons. The number of amides is 2. The van der Waals surface area contributed by atoms with E-state index in [9.17, 15) is 9.59 Å². The normalized spacial score (nSPS) is 11.8. The molecule has 4 nitrogen and oxygen atoms in total. The molecule has 0 spiro atoms. The summed E-state index contributed by atoms with van der Waals surface area (Å²) in [6.45, 7) is 6.96. The van der Waals surface area contributed by atoms with Crippen molar-refractivity contribution < 1.29 is 9.59 Å². The first-order valence-corrected chi connectivity index (χ1v) is 11.2. The summed E-state index contributed by atoms with van der Waals surface area (Å²) in [5.74, 6) is -0.302. The Hall–Kier alpha value is -2.04. The molecule has 0 bridgehead atoms. The third-order valence-corrected chi connectivity index (χ3v) is 5.92. The summed E-state index contributed by atoms with van der Waals surface area (Å²) < 4.78 is 0. The molecule has 0 unspecified atom stereocenters. The Balaban J connectivity index is 2.32. The van der Waals surface area contributed by atoms with Crippen LogP contribution in [0.4, 0.5) is 0 Å². The van der Waals surface area contributed by atoms with Gasteiger partial charge in [0.1, 0.15) is 6.04 Å². The van der Waals surface area contributed by atoms with Crippen molar-refractivity contribution in [1.29, 1.82) is 0 Å². The van der Waals surface area contributed by atoms with E-state index in [4.69, 9.17) is 23.2 Å². The van der Waals surface area contributed by atoms with Gasteiger partial charge in [0.25, 0.3) is 0 Å². The van der Waals surface area contributed by atoms with Crippen LogP contribution in [-0.4, -0.2) is 29.3 Å². The first kappa shape index (κ1) is 24.2. The Bertz CT molecular complexity index is 850. The van der Waals surface area contributed by atoms with E-state index in [0.29, 0.717) is 35.1 Å². The van der Waals surface area contributed by atoms with Crippen molar-refractivity contribution in [3.05, 3.63) is 69.2 Å². The van der Waals surface area contributed by atoms with Crippen LogP contribution in [0, 0.1) is 6.92 Å². The fourth-order valence-corrected chi connectivity index (χ4v) is 3.88. The van der Waals surface area contributed by atoms with E-state index in [-0.39, 0.29) is 18.2 Å². The Morgan fingerprint density at radius 2 is 1.70 bits per heavy atom. The van der Waals surface area contributed by atoms with Gasteiger partial charge in [-0.05, 0) is 48.6 Å². The molecule has 0 heterocycles. The molecule has 0 radical (unpaired) electrons. The Morgan fingerprint density at radius 1 is 1.03 bits per heavy atom. The van der Waals surface area contributed by atoms with Gasteiger partial charge in [-0.3, -0.25) is 9.59 Å². The topological polar surface area (TPSA) is 49.4 Å². The molecule has 0 aliphatic heterocycles. The van der Waals surface area contributed by atoms with Crippen LogP contribution < -0.4 is 5.32 Å². The fourth-order valence-electron chi connectivity index (χ4n) is 3.35. The largest absolute Gasteiger partial charge is 0.354 e. The van der Waals surface area contributed by atoms with Gasteiger partial charge in [0.2, 0.25) is 11.8 Å². The lowest BCUT2D eigenvalue weighted by Crippen LogP contribution is -2.49. The quantitative estimate of drug-likeness (QED) is 0.483. The maximum Gasteiger partial charge on any atom is 0.242 e. The lowest BCUT2D eigenvalue weighted by molar-refractivity contribution is -0.140. The maximum atomic E-state index is 13.4. The molecule has 0 fully saturated rings. The lowest BCUT2D eigenvalue weighted by Gasteiger charge is -2.31. The van der Waals surface area contributed by atoms with E-state index in [1.165, 1.54) is 0 Å². The highest BCUT2D eigenvalue weighted by Gasteiger charge is 2.29. The molecule has 1 atom stereocenters. The van der Waals surface area contributed by atoms with Crippen LogP contribution >= 0.6 is 23.2 Å². The Kier molecular flexibility index (Phi) is 9.67. The van der Waals surface area contributed by atoms with Gasteiger partial charge in [0, 0.05) is 23.1 Å². The first-order valence-electron chi connectivity index (χ1n) is 10.4. The predicted molar refractivity (Wildman–Crippen MR) is 124 cm³/mol. The lowest BCUT2D eigenvalue weighted by atomic mass is 10.0. The molecule has 0 aromatic heterocycles. The molecule has 2 amide bonds. The summed E-state index contributed by atoms with van der Waals surface area (Å²) in [6.07, 6.45) is 2.46. The van der Waals surface area contributed by atoms with E-state index < -0.39 is 6.04 Å². The zero-order valence-electron chi connectivity index (χ0n) is 17.9. The average Bonchev–Trinajstić information content (AvgIpc) is 2.72. The smallest absolute Gasteiger partial charge is 0.242 e. The van der Waals surface area contributed by atoms with Crippen molar-refractivity contribution in [2.45, 2.75) is 59.0 Å². The fraction of sp³-hybridized carbons (Fsp3) is 0.417. The van der Waals surface area contributed by atoms with Crippen molar-refractivity contribution in [1.82, 2.24) is 10.2 Å². The van der Waals surface area contributed by atoms with Crippen molar-refractivity contribution >= 4 is 35.0 Å². The summed E-state index contributed by atoms with van der Waals surface area (Å²) in [4.78, 5) is 28.0. The van der Waals surface area contributed by atoms with Gasteiger partial charge < -0.3 is 10.2 Å². The molecule has 6 heteroatoms. The van der Waals surface area contributed by atoms with Crippen molar-refractivity contribution in [3.63, 3.8) is 0 Å². The van der Waals surface area contributed by atoms with Crippen LogP contribution in [0.3, 0.4) is 0 Å². The van der Waals surface area contributed by atoms with Crippen molar-refractivity contribution in [3.8, 4) is 0 Å².